The van der Waals surface area contributed by atoms with Crippen molar-refractivity contribution in [1.82, 2.24) is 4.90 Å². The lowest BCUT2D eigenvalue weighted by molar-refractivity contribution is -0.148. The summed E-state index contributed by atoms with van der Waals surface area (Å²) in [5.41, 5.74) is 0.806. The molecule has 0 spiro atoms. The molecule has 20 heavy (non-hydrogen) atoms. The van der Waals surface area contributed by atoms with E-state index >= 15 is 0 Å². The first kappa shape index (κ1) is 16.2. The highest BCUT2D eigenvalue weighted by Crippen LogP contribution is 2.12. The Labute approximate surface area is 124 Å². The normalized spacial score (nSPS) is 9.90. The molecule has 0 unspecified atom stereocenters. The number of benzene rings is 1. The van der Waals surface area contributed by atoms with E-state index in [1.54, 1.807) is 31.2 Å². The molecule has 0 radical (unpaired) electrons. The van der Waals surface area contributed by atoms with Crippen molar-refractivity contribution in [3.63, 3.8) is 0 Å². The first-order valence-electron chi connectivity index (χ1n) is 6.35. The van der Waals surface area contributed by atoms with E-state index in [4.69, 9.17) is 16.3 Å². The van der Waals surface area contributed by atoms with Crippen LogP contribution in [0, 0.1) is 0 Å². The molecule has 0 saturated carbocycles. The summed E-state index contributed by atoms with van der Waals surface area (Å²) in [5, 5.41) is 0.580. The number of esters is 1. The molecule has 0 fully saturated rings. The summed E-state index contributed by atoms with van der Waals surface area (Å²) in [4.78, 5) is 25.1. The van der Waals surface area contributed by atoms with Gasteiger partial charge in [-0.05, 0) is 24.6 Å². The Morgan fingerprint density at radius 1 is 1.45 bits per heavy atom. The van der Waals surface area contributed by atoms with Gasteiger partial charge in [0, 0.05) is 11.6 Å². The number of hydrogen-bond acceptors (Lipinski definition) is 3. The number of rotatable bonds is 7. The zero-order valence-corrected chi connectivity index (χ0v) is 12.2. The smallest absolute Gasteiger partial charge is 0.325 e. The molecule has 0 saturated heterocycles. The van der Waals surface area contributed by atoms with Crippen molar-refractivity contribution in [2.24, 2.45) is 0 Å². The van der Waals surface area contributed by atoms with E-state index in [0.717, 1.165) is 5.56 Å². The monoisotopic (exact) mass is 295 g/mol. The third-order valence-electron chi connectivity index (χ3n) is 2.57. The molecule has 0 aliphatic rings. The van der Waals surface area contributed by atoms with Crippen molar-refractivity contribution in [2.75, 3.05) is 19.7 Å². The maximum atomic E-state index is 12.2. The van der Waals surface area contributed by atoms with Crippen LogP contribution in [0.25, 0.3) is 0 Å². The summed E-state index contributed by atoms with van der Waals surface area (Å²) in [6.07, 6.45) is 1.77. The zero-order chi connectivity index (χ0) is 15.0. The van der Waals surface area contributed by atoms with Crippen LogP contribution < -0.4 is 0 Å². The lowest BCUT2D eigenvalue weighted by Gasteiger charge is -2.20. The van der Waals surface area contributed by atoms with E-state index in [1.165, 1.54) is 4.90 Å². The highest BCUT2D eigenvalue weighted by atomic mass is 35.5. The number of carbonyl (C=O) groups excluding carboxylic acids is 2. The molecule has 0 atom stereocenters. The summed E-state index contributed by atoms with van der Waals surface area (Å²) >= 11 is 5.88. The van der Waals surface area contributed by atoms with E-state index in [0.29, 0.717) is 18.2 Å². The molecule has 0 aliphatic carbocycles. The van der Waals surface area contributed by atoms with Gasteiger partial charge in [0.15, 0.2) is 0 Å². The van der Waals surface area contributed by atoms with Crippen molar-refractivity contribution in [3.8, 4) is 0 Å². The van der Waals surface area contributed by atoms with Crippen LogP contribution in [0.15, 0.2) is 36.9 Å². The second-order valence-corrected chi connectivity index (χ2v) is 4.61. The molecule has 0 aromatic heterocycles. The van der Waals surface area contributed by atoms with Gasteiger partial charge in [-0.3, -0.25) is 9.59 Å². The Bertz CT molecular complexity index is 488. The second-order valence-electron chi connectivity index (χ2n) is 4.17. The van der Waals surface area contributed by atoms with E-state index in [-0.39, 0.29) is 18.9 Å². The van der Waals surface area contributed by atoms with Crippen LogP contribution in [0.1, 0.15) is 12.5 Å². The second kappa shape index (κ2) is 8.38. The van der Waals surface area contributed by atoms with Crippen LogP contribution in [0.3, 0.4) is 0 Å². The summed E-state index contributed by atoms with van der Waals surface area (Å²) in [5.74, 6) is -0.589. The first-order chi connectivity index (χ1) is 9.56. The van der Waals surface area contributed by atoms with Crippen molar-refractivity contribution >= 4 is 23.5 Å². The molecule has 0 N–H and O–H groups in total. The van der Waals surface area contributed by atoms with Crippen LogP contribution in [0.4, 0.5) is 0 Å². The van der Waals surface area contributed by atoms with Crippen LogP contribution in [0.5, 0.6) is 0 Å². The third-order valence-corrected chi connectivity index (χ3v) is 2.81. The number of ether oxygens (including phenoxy) is 1. The molecule has 108 valence electrons. The maximum Gasteiger partial charge on any atom is 0.325 e. The van der Waals surface area contributed by atoms with E-state index in [2.05, 4.69) is 6.58 Å². The number of halogens is 1. The largest absolute Gasteiger partial charge is 0.465 e. The zero-order valence-electron chi connectivity index (χ0n) is 11.5. The number of nitrogens with zero attached hydrogens (tertiary/aromatic N) is 1. The molecule has 1 aromatic carbocycles. The van der Waals surface area contributed by atoms with Gasteiger partial charge in [-0.15, -0.1) is 6.58 Å². The highest BCUT2D eigenvalue weighted by molar-refractivity contribution is 6.30. The van der Waals surface area contributed by atoms with Gasteiger partial charge in [-0.25, -0.2) is 0 Å². The lowest BCUT2D eigenvalue weighted by atomic mass is 10.1. The van der Waals surface area contributed by atoms with Crippen molar-refractivity contribution in [3.05, 3.63) is 47.5 Å². The molecule has 5 heteroatoms. The number of carbonyl (C=O) groups is 2. The summed E-state index contributed by atoms with van der Waals surface area (Å²) in [7, 11) is 0. The minimum Gasteiger partial charge on any atom is -0.465 e. The molecule has 4 nitrogen and oxygen atoms in total. The van der Waals surface area contributed by atoms with Crippen LogP contribution in [-0.2, 0) is 20.7 Å². The Balaban J connectivity index is 2.68. The van der Waals surface area contributed by atoms with Gasteiger partial charge in [0.05, 0.1) is 13.0 Å². The average Bonchev–Trinajstić information content (AvgIpc) is 2.38. The Morgan fingerprint density at radius 3 is 2.80 bits per heavy atom. The van der Waals surface area contributed by atoms with Gasteiger partial charge < -0.3 is 9.64 Å². The summed E-state index contributed by atoms with van der Waals surface area (Å²) < 4.78 is 4.85. The lowest BCUT2D eigenvalue weighted by Crippen LogP contribution is -2.37. The molecule has 0 bridgehead atoms. The Hall–Kier alpha value is -1.81. The van der Waals surface area contributed by atoms with E-state index in [1.807, 2.05) is 6.07 Å². The van der Waals surface area contributed by atoms with Crippen molar-refractivity contribution < 1.29 is 14.3 Å². The molecule has 1 amide bonds. The van der Waals surface area contributed by atoms with Gasteiger partial charge >= 0.3 is 5.97 Å². The predicted molar refractivity (Wildman–Crippen MR) is 78.6 cm³/mol. The minimum atomic E-state index is -0.422. The fraction of sp³-hybridized carbons (Fsp3) is 0.333. The predicted octanol–water partition coefficient (Wildman–Crippen LogP) is 2.46. The standard InChI is InChI=1S/C15H18ClNO3/c1-3-8-17(11-15(19)20-4-2)14(18)10-12-6-5-7-13(16)9-12/h3,5-7,9H,1,4,8,10-11H2,2H3. The molecular formula is C15H18ClNO3. The van der Waals surface area contributed by atoms with Crippen LogP contribution in [-0.4, -0.2) is 36.5 Å². The fourth-order valence-corrected chi connectivity index (χ4v) is 1.92. The average molecular weight is 296 g/mol. The van der Waals surface area contributed by atoms with Gasteiger partial charge in [-0.1, -0.05) is 29.8 Å². The SMILES string of the molecule is C=CCN(CC(=O)OCC)C(=O)Cc1cccc(Cl)c1. The molecule has 0 heterocycles. The van der Waals surface area contributed by atoms with Gasteiger partial charge in [0.25, 0.3) is 0 Å². The molecule has 1 rings (SSSR count). The third kappa shape index (κ3) is 5.45. The van der Waals surface area contributed by atoms with Crippen LogP contribution >= 0.6 is 11.6 Å². The fourth-order valence-electron chi connectivity index (χ4n) is 1.71. The topological polar surface area (TPSA) is 46.6 Å². The molecular weight excluding hydrogens is 278 g/mol. The number of amides is 1. The number of hydrogen-bond donors (Lipinski definition) is 0. The van der Waals surface area contributed by atoms with Gasteiger partial charge in [0.1, 0.15) is 6.54 Å². The summed E-state index contributed by atoms with van der Waals surface area (Å²) in [6, 6.07) is 7.08. The highest BCUT2D eigenvalue weighted by Gasteiger charge is 2.17. The Morgan fingerprint density at radius 2 is 2.20 bits per heavy atom. The molecule has 1 aromatic rings. The molecule has 0 aliphatic heterocycles. The van der Waals surface area contributed by atoms with Gasteiger partial charge in [-0.2, -0.15) is 0 Å². The quantitative estimate of drug-likeness (QED) is 0.573. The minimum absolute atomic E-state index is 0.0702. The van der Waals surface area contributed by atoms with Gasteiger partial charge in [0.2, 0.25) is 5.91 Å². The van der Waals surface area contributed by atoms with E-state index < -0.39 is 5.97 Å². The van der Waals surface area contributed by atoms with Crippen LogP contribution in [0.2, 0.25) is 5.02 Å². The van der Waals surface area contributed by atoms with E-state index in [9.17, 15) is 9.59 Å². The summed E-state index contributed by atoms with van der Waals surface area (Å²) in [6.45, 7) is 5.84. The van der Waals surface area contributed by atoms with Crippen molar-refractivity contribution in [1.29, 1.82) is 0 Å². The maximum absolute atomic E-state index is 12.2. The Kier molecular flexibility index (Phi) is 6.81. The first-order valence-corrected chi connectivity index (χ1v) is 6.73. The van der Waals surface area contributed by atoms with Crippen molar-refractivity contribution in [2.45, 2.75) is 13.3 Å².